The summed E-state index contributed by atoms with van der Waals surface area (Å²) in [6.45, 7) is 0. The highest BCUT2D eigenvalue weighted by molar-refractivity contribution is 6.03. The average Bonchev–Trinajstić information content (AvgIpc) is 3.15. The zero-order chi connectivity index (χ0) is 30.7. The largest absolute Gasteiger partial charge is 0.265 e. The van der Waals surface area contributed by atoms with Crippen molar-refractivity contribution in [3.05, 3.63) is 158 Å². The molecular weight excluding hydrogens is 564 g/mol. The van der Waals surface area contributed by atoms with Gasteiger partial charge in [0.15, 0.2) is 11.6 Å². The van der Waals surface area contributed by atoms with Crippen LogP contribution in [-0.2, 0) is 0 Å². The number of aromatic nitrogens is 6. The maximum atomic E-state index is 5.10. The van der Waals surface area contributed by atoms with E-state index in [0.717, 1.165) is 66.9 Å². The number of rotatable bonds is 6. The Balaban J connectivity index is 1.33. The highest BCUT2D eigenvalue weighted by Crippen LogP contribution is 2.36. The van der Waals surface area contributed by atoms with Crippen LogP contribution in [0.25, 0.3) is 78.6 Å². The van der Waals surface area contributed by atoms with Crippen molar-refractivity contribution >= 4 is 10.8 Å². The maximum Gasteiger partial charge on any atom is 0.161 e. The second-order valence-electron chi connectivity index (χ2n) is 10.8. The summed E-state index contributed by atoms with van der Waals surface area (Å²) in [5.41, 5.74) is 9.24. The lowest BCUT2D eigenvalue weighted by Crippen LogP contribution is -1.98. The molecule has 0 fully saturated rings. The fraction of sp³-hybridized carbons (Fsp3) is 0. The molecule has 0 saturated carbocycles. The Morgan fingerprint density at radius 2 is 0.652 bits per heavy atom. The van der Waals surface area contributed by atoms with E-state index in [1.807, 2.05) is 72.8 Å². The molecule has 4 aromatic heterocycles. The predicted molar refractivity (Wildman–Crippen MR) is 183 cm³/mol. The van der Waals surface area contributed by atoms with Gasteiger partial charge in [0, 0.05) is 58.2 Å². The van der Waals surface area contributed by atoms with Crippen molar-refractivity contribution in [2.75, 3.05) is 0 Å². The molecule has 216 valence electrons. The topological polar surface area (TPSA) is 77.3 Å². The molecule has 0 radical (unpaired) electrons. The van der Waals surface area contributed by atoms with Gasteiger partial charge in [-0.25, -0.2) is 19.9 Å². The van der Waals surface area contributed by atoms with Gasteiger partial charge in [-0.15, -0.1) is 0 Å². The summed E-state index contributed by atoms with van der Waals surface area (Å²) in [7, 11) is 0. The summed E-state index contributed by atoms with van der Waals surface area (Å²) >= 11 is 0. The molecule has 0 amide bonds. The van der Waals surface area contributed by atoms with E-state index in [0.29, 0.717) is 11.6 Å². The van der Waals surface area contributed by atoms with Gasteiger partial charge in [-0.2, -0.15) is 0 Å². The van der Waals surface area contributed by atoms with Gasteiger partial charge in [-0.05, 0) is 47.2 Å². The van der Waals surface area contributed by atoms with Gasteiger partial charge >= 0.3 is 0 Å². The van der Waals surface area contributed by atoms with Crippen molar-refractivity contribution in [3.63, 3.8) is 0 Å². The highest BCUT2D eigenvalue weighted by atomic mass is 14.9. The summed E-state index contributed by atoms with van der Waals surface area (Å²) < 4.78 is 0. The van der Waals surface area contributed by atoms with Crippen molar-refractivity contribution in [3.8, 4) is 67.8 Å². The third-order valence-electron chi connectivity index (χ3n) is 7.95. The molecule has 0 N–H and O–H groups in total. The molecular formula is C40H26N6. The zero-order valence-electron chi connectivity index (χ0n) is 24.7. The van der Waals surface area contributed by atoms with Crippen LogP contribution in [0.3, 0.4) is 0 Å². The molecule has 8 aromatic rings. The molecule has 4 aromatic carbocycles. The van der Waals surface area contributed by atoms with Crippen LogP contribution in [0.1, 0.15) is 0 Å². The van der Waals surface area contributed by atoms with Crippen LogP contribution in [0.15, 0.2) is 158 Å². The second kappa shape index (κ2) is 11.9. The van der Waals surface area contributed by atoms with E-state index in [-0.39, 0.29) is 0 Å². The van der Waals surface area contributed by atoms with Crippen LogP contribution < -0.4 is 0 Å². The molecule has 0 aliphatic heterocycles. The van der Waals surface area contributed by atoms with Crippen LogP contribution >= 0.6 is 0 Å². The molecule has 0 atom stereocenters. The molecule has 46 heavy (non-hydrogen) atoms. The van der Waals surface area contributed by atoms with E-state index in [9.17, 15) is 0 Å². The number of pyridine rings is 2. The molecule has 0 saturated heterocycles. The minimum absolute atomic E-state index is 0.646. The van der Waals surface area contributed by atoms with E-state index in [1.165, 1.54) is 0 Å². The van der Waals surface area contributed by atoms with E-state index >= 15 is 0 Å². The molecule has 0 aliphatic rings. The highest BCUT2D eigenvalue weighted by Gasteiger charge is 2.17. The maximum absolute atomic E-state index is 5.10. The number of nitrogens with zero attached hydrogens (tertiary/aromatic N) is 6. The predicted octanol–water partition coefficient (Wildman–Crippen LogP) is 9.21. The van der Waals surface area contributed by atoms with E-state index < -0.39 is 0 Å². The van der Waals surface area contributed by atoms with Crippen molar-refractivity contribution in [2.24, 2.45) is 0 Å². The normalized spacial score (nSPS) is 11.0. The summed E-state index contributed by atoms with van der Waals surface area (Å²) in [6.07, 6.45) is 7.14. The Bertz CT molecular complexity index is 2010. The Labute approximate surface area is 266 Å². The summed E-state index contributed by atoms with van der Waals surface area (Å²) in [6, 6.07) is 44.9. The van der Waals surface area contributed by atoms with Gasteiger partial charge in [0.25, 0.3) is 0 Å². The fourth-order valence-corrected chi connectivity index (χ4v) is 5.69. The monoisotopic (exact) mass is 590 g/mol. The number of hydrogen-bond donors (Lipinski definition) is 0. The van der Waals surface area contributed by atoms with E-state index in [1.54, 1.807) is 24.8 Å². The summed E-state index contributed by atoms with van der Waals surface area (Å²) in [5.74, 6) is 1.29. The fourth-order valence-electron chi connectivity index (χ4n) is 5.69. The molecule has 6 heteroatoms. The van der Waals surface area contributed by atoms with Crippen molar-refractivity contribution in [1.29, 1.82) is 0 Å². The minimum Gasteiger partial charge on any atom is -0.265 e. The molecule has 0 unspecified atom stereocenters. The van der Waals surface area contributed by atoms with Crippen LogP contribution in [0, 0.1) is 0 Å². The molecule has 0 spiro atoms. The van der Waals surface area contributed by atoms with Crippen LogP contribution in [0.4, 0.5) is 0 Å². The van der Waals surface area contributed by atoms with Gasteiger partial charge in [-0.3, -0.25) is 9.97 Å². The quantitative estimate of drug-likeness (QED) is 0.192. The van der Waals surface area contributed by atoms with Gasteiger partial charge < -0.3 is 0 Å². The Kier molecular flexibility index (Phi) is 7.05. The molecule has 0 bridgehead atoms. The lowest BCUT2D eigenvalue weighted by molar-refractivity contribution is 1.18. The van der Waals surface area contributed by atoms with Gasteiger partial charge in [-0.1, -0.05) is 97.1 Å². The lowest BCUT2D eigenvalue weighted by Gasteiger charge is -2.14. The van der Waals surface area contributed by atoms with Gasteiger partial charge in [0.1, 0.15) is 0 Å². The summed E-state index contributed by atoms with van der Waals surface area (Å²) in [5, 5.41) is 2.04. The Morgan fingerprint density at radius 3 is 1.02 bits per heavy atom. The van der Waals surface area contributed by atoms with Gasteiger partial charge in [0.2, 0.25) is 0 Å². The first-order valence-electron chi connectivity index (χ1n) is 15.0. The number of hydrogen-bond acceptors (Lipinski definition) is 6. The first-order valence-corrected chi connectivity index (χ1v) is 15.0. The SMILES string of the molecule is c1ccc(-c2cc(-c3ccncc3)nc(-c3cccc4c(-c5nc(-c6ccccc6)cc(-c6ccncc6)n5)cccc34)n2)cc1. The first-order chi connectivity index (χ1) is 22.8. The molecule has 8 rings (SSSR count). The first kappa shape index (κ1) is 27.2. The smallest absolute Gasteiger partial charge is 0.161 e. The Hall–Kier alpha value is -6.40. The zero-order valence-corrected chi connectivity index (χ0v) is 24.7. The molecule has 6 nitrogen and oxygen atoms in total. The average molecular weight is 591 g/mol. The van der Waals surface area contributed by atoms with Crippen LogP contribution in [0.2, 0.25) is 0 Å². The van der Waals surface area contributed by atoms with Crippen molar-refractivity contribution in [1.82, 2.24) is 29.9 Å². The number of benzene rings is 4. The van der Waals surface area contributed by atoms with Gasteiger partial charge in [0.05, 0.1) is 22.8 Å². The second-order valence-corrected chi connectivity index (χ2v) is 10.8. The van der Waals surface area contributed by atoms with Crippen LogP contribution in [-0.4, -0.2) is 29.9 Å². The van der Waals surface area contributed by atoms with Crippen molar-refractivity contribution < 1.29 is 0 Å². The minimum atomic E-state index is 0.646. The third kappa shape index (κ3) is 5.29. The van der Waals surface area contributed by atoms with E-state index in [2.05, 4.69) is 70.6 Å². The number of fused-ring (bicyclic) bond motifs is 1. The lowest BCUT2D eigenvalue weighted by atomic mass is 9.98. The van der Waals surface area contributed by atoms with E-state index in [4.69, 9.17) is 19.9 Å². The Morgan fingerprint density at radius 1 is 0.304 bits per heavy atom. The molecule has 4 heterocycles. The third-order valence-corrected chi connectivity index (χ3v) is 7.95. The summed E-state index contributed by atoms with van der Waals surface area (Å²) in [4.78, 5) is 28.8. The standard InChI is InChI=1S/C40H26N6/c1-3-9-27(10-4-1)35-25-37(29-17-21-41-22-18-29)45-39(43-35)33-15-7-14-32-31(33)13-8-16-34(32)40-44-36(28-11-5-2-6-12-28)26-38(46-40)30-19-23-42-24-20-30/h1-26H. The van der Waals surface area contributed by atoms with Crippen LogP contribution in [0.5, 0.6) is 0 Å². The molecule has 0 aliphatic carbocycles. The van der Waals surface area contributed by atoms with Crippen molar-refractivity contribution in [2.45, 2.75) is 0 Å².